The molecule has 4 nitrogen and oxygen atoms in total. The molecular formula is C38H52N2O2. The Labute approximate surface area is 254 Å². The molecule has 0 radical (unpaired) electrons. The van der Waals surface area contributed by atoms with E-state index < -0.39 is 0 Å². The van der Waals surface area contributed by atoms with Gasteiger partial charge in [0.25, 0.3) is 0 Å². The molecule has 3 N–H and O–H groups in total. The van der Waals surface area contributed by atoms with Crippen LogP contribution in [0, 0.1) is 0 Å². The first-order chi connectivity index (χ1) is 19.9. The second-order valence-electron chi connectivity index (χ2n) is 13.6. The molecule has 0 aromatic heterocycles. The first-order valence-corrected chi connectivity index (χ1v) is 16.0. The lowest BCUT2D eigenvalue weighted by atomic mass is 9.63. The van der Waals surface area contributed by atoms with E-state index in [1.54, 1.807) is 0 Å². The fourth-order valence-corrected chi connectivity index (χ4v) is 6.61. The first-order valence-electron chi connectivity index (χ1n) is 16.0. The van der Waals surface area contributed by atoms with Gasteiger partial charge in [0.15, 0.2) is 0 Å². The molecule has 0 fully saturated rings. The van der Waals surface area contributed by atoms with E-state index in [4.69, 9.17) is 10.5 Å². The Bertz CT molecular complexity index is 1420. The van der Waals surface area contributed by atoms with E-state index in [0.29, 0.717) is 18.2 Å². The van der Waals surface area contributed by atoms with Crippen LogP contribution in [-0.4, -0.2) is 25.1 Å². The number of benzene rings is 3. The van der Waals surface area contributed by atoms with Crippen molar-refractivity contribution in [2.45, 2.75) is 111 Å². The monoisotopic (exact) mass is 568 g/mol. The summed E-state index contributed by atoms with van der Waals surface area (Å²) in [5, 5.41) is 3.50. The Morgan fingerprint density at radius 3 is 2.12 bits per heavy atom. The molecular weight excluding hydrogens is 516 g/mol. The Morgan fingerprint density at radius 1 is 0.833 bits per heavy atom. The van der Waals surface area contributed by atoms with Gasteiger partial charge in [-0.2, -0.15) is 0 Å². The third-order valence-electron chi connectivity index (χ3n) is 9.24. The minimum Gasteiger partial charge on any atom is -0.493 e. The van der Waals surface area contributed by atoms with Gasteiger partial charge in [0, 0.05) is 17.2 Å². The summed E-state index contributed by atoms with van der Waals surface area (Å²) in [6, 6.07) is 18.1. The Balaban J connectivity index is 1.80. The van der Waals surface area contributed by atoms with E-state index in [1.165, 1.54) is 35.1 Å². The predicted octanol–water partition coefficient (Wildman–Crippen LogP) is 8.75. The lowest BCUT2D eigenvalue weighted by Crippen LogP contribution is -2.33. The number of rotatable bonds is 12. The zero-order valence-corrected chi connectivity index (χ0v) is 27.2. The molecule has 0 atom stereocenters. The lowest BCUT2D eigenvalue weighted by molar-refractivity contribution is 0.0999. The van der Waals surface area contributed by atoms with Crippen LogP contribution in [0.3, 0.4) is 0 Å². The number of fused-ring (bicyclic) bond motifs is 1. The second kappa shape index (κ2) is 13.0. The van der Waals surface area contributed by atoms with Crippen LogP contribution in [0.4, 0.5) is 0 Å². The van der Waals surface area contributed by atoms with E-state index >= 15 is 0 Å². The number of nitrogens with one attached hydrogen (secondary N) is 1. The number of primary amides is 1. The molecule has 3 aromatic rings. The van der Waals surface area contributed by atoms with E-state index in [1.807, 2.05) is 6.07 Å². The van der Waals surface area contributed by atoms with Crippen LogP contribution in [0.25, 0.3) is 22.3 Å². The molecule has 4 rings (SSSR count). The molecule has 3 aromatic carbocycles. The standard InChI is InChI=1S/C38H52N2O2/c1-9-28-29(10-2)31(36(39)41)16-15-30(28)26-14-18-35(42-22-12-11-21-40-25(3)4)32(23-26)27-13-17-33-34(24-27)38(7,8)20-19-37(33,5)6/h13-18,23-25,40H,9-12,19-22H2,1-8H3,(H2,39,41). The van der Waals surface area contributed by atoms with Crippen LogP contribution in [0.5, 0.6) is 5.75 Å². The fourth-order valence-electron chi connectivity index (χ4n) is 6.61. The number of carbonyl (C=O) groups is 1. The fraction of sp³-hybridized carbons (Fsp3) is 0.500. The summed E-state index contributed by atoms with van der Waals surface area (Å²) in [4.78, 5) is 12.2. The van der Waals surface area contributed by atoms with Crippen molar-refractivity contribution in [1.82, 2.24) is 5.32 Å². The largest absolute Gasteiger partial charge is 0.493 e. The van der Waals surface area contributed by atoms with Gasteiger partial charge in [0.05, 0.1) is 6.61 Å². The Morgan fingerprint density at radius 2 is 1.48 bits per heavy atom. The highest BCUT2D eigenvalue weighted by atomic mass is 16.5. The van der Waals surface area contributed by atoms with Crippen LogP contribution < -0.4 is 15.8 Å². The van der Waals surface area contributed by atoms with Crippen LogP contribution in [0.2, 0.25) is 0 Å². The highest BCUT2D eigenvalue weighted by molar-refractivity contribution is 5.96. The maximum absolute atomic E-state index is 12.2. The summed E-state index contributed by atoms with van der Waals surface area (Å²) in [5.41, 5.74) is 16.4. The van der Waals surface area contributed by atoms with Gasteiger partial charge in [-0.05, 0) is 113 Å². The molecule has 0 heterocycles. The van der Waals surface area contributed by atoms with Gasteiger partial charge in [0.1, 0.15) is 5.75 Å². The number of nitrogens with two attached hydrogens (primary N) is 1. The Hall–Kier alpha value is -3.11. The average molecular weight is 569 g/mol. The summed E-state index contributed by atoms with van der Waals surface area (Å²) in [6.45, 7) is 19.8. The first kappa shape index (κ1) is 31.8. The van der Waals surface area contributed by atoms with Crippen molar-refractivity contribution in [3.63, 3.8) is 0 Å². The molecule has 0 spiro atoms. The molecule has 4 heteroatoms. The van der Waals surface area contributed by atoms with Crippen molar-refractivity contribution >= 4 is 5.91 Å². The zero-order chi connectivity index (χ0) is 30.7. The molecule has 0 aliphatic heterocycles. The molecule has 1 aliphatic carbocycles. The summed E-state index contributed by atoms with van der Waals surface area (Å²) in [6.07, 6.45) is 6.06. The number of hydrogen-bond donors (Lipinski definition) is 2. The highest BCUT2D eigenvalue weighted by Gasteiger charge is 2.37. The quantitative estimate of drug-likeness (QED) is 0.215. The maximum atomic E-state index is 12.2. The third-order valence-corrected chi connectivity index (χ3v) is 9.24. The van der Waals surface area contributed by atoms with Gasteiger partial charge in [-0.1, -0.05) is 85.7 Å². The van der Waals surface area contributed by atoms with Crippen molar-refractivity contribution < 1.29 is 9.53 Å². The van der Waals surface area contributed by atoms with Gasteiger partial charge >= 0.3 is 0 Å². The maximum Gasteiger partial charge on any atom is 0.248 e. The molecule has 1 aliphatic rings. The number of amides is 1. The van der Waals surface area contributed by atoms with Crippen molar-refractivity contribution in [3.05, 3.63) is 76.3 Å². The molecule has 1 amide bonds. The molecule has 0 saturated heterocycles. The number of hydrogen-bond acceptors (Lipinski definition) is 3. The molecule has 226 valence electrons. The highest BCUT2D eigenvalue weighted by Crippen LogP contribution is 2.48. The normalized spacial score (nSPS) is 15.5. The topological polar surface area (TPSA) is 64.4 Å². The lowest BCUT2D eigenvalue weighted by Gasteiger charge is -2.42. The predicted molar refractivity (Wildman–Crippen MR) is 178 cm³/mol. The van der Waals surface area contributed by atoms with E-state index in [2.05, 4.69) is 103 Å². The third kappa shape index (κ3) is 6.75. The summed E-state index contributed by atoms with van der Waals surface area (Å²) < 4.78 is 6.49. The van der Waals surface area contributed by atoms with Gasteiger partial charge in [-0.15, -0.1) is 0 Å². The summed E-state index contributed by atoms with van der Waals surface area (Å²) in [7, 11) is 0. The van der Waals surface area contributed by atoms with Crippen molar-refractivity contribution in [2.75, 3.05) is 13.2 Å². The molecule has 42 heavy (non-hydrogen) atoms. The second-order valence-corrected chi connectivity index (χ2v) is 13.6. The SMILES string of the molecule is CCc1c(C(N)=O)ccc(-c2ccc(OCCCCNC(C)C)c(-c3ccc4c(c3)C(C)(C)CCC4(C)C)c2)c1CC. The van der Waals surface area contributed by atoms with Crippen molar-refractivity contribution in [1.29, 1.82) is 0 Å². The van der Waals surface area contributed by atoms with Crippen LogP contribution in [0.1, 0.15) is 114 Å². The minimum atomic E-state index is -0.360. The van der Waals surface area contributed by atoms with Gasteiger partial charge in [-0.3, -0.25) is 4.79 Å². The molecule has 0 unspecified atom stereocenters. The zero-order valence-electron chi connectivity index (χ0n) is 27.2. The van der Waals surface area contributed by atoms with Crippen LogP contribution in [0.15, 0.2) is 48.5 Å². The number of ether oxygens (including phenoxy) is 1. The van der Waals surface area contributed by atoms with Crippen molar-refractivity contribution in [3.8, 4) is 28.0 Å². The number of carbonyl (C=O) groups excluding carboxylic acids is 1. The smallest absolute Gasteiger partial charge is 0.248 e. The number of unbranched alkanes of at least 4 members (excludes halogenated alkanes) is 1. The van der Waals surface area contributed by atoms with E-state index in [0.717, 1.165) is 60.2 Å². The summed E-state index contributed by atoms with van der Waals surface area (Å²) >= 11 is 0. The molecule has 0 saturated carbocycles. The van der Waals surface area contributed by atoms with E-state index in [-0.39, 0.29) is 16.7 Å². The van der Waals surface area contributed by atoms with Crippen LogP contribution >= 0.6 is 0 Å². The minimum absolute atomic E-state index is 0.124. The molecule has 0 bridgehead atoms. The van der Waals surface area contributed by atoms with Gasteiger partial charge in [-0.25, -0.2) is 0 Å². The van der Waals surface area contributed by atoms with Crippen molar-refractivity contribution in [2.24, 2.45) is 5.73 Å². The van der Waals surface area contributed by atoms with E-state index in [9.17, 15) is 4.79 Å². The van der Waals surface area contributed by atoms with Gasteiger partial charge in [0.2, 0.25) is 5.91 Å². The van der Waals surface area contributed by atoms with Gasteiger partial charge < -0.3 is 15.8 Å². The Kier molecular flexibility index (Phi) is 9.88. The summed E-state index contributed by atoms with van der Waals surface area (Å²) in [5.74, 6) is 0.562. The average Bonchev–Trinajstić information content (AvgIpc) is 2.96. The van der Waals surface area contributed by atoms with Crippen LogP contribution in [-0.2, 0) is 23.7 Å².